The normalized spacial score (nSPS) is 15.9. The van der Waals surface area contributed by atoms with E-state index in [-0.39, 0.29) is 24.1 Å². The molecule has 32 heavy (non-hydrogen) atoms. The van der Waals surface area contributed by atoms with Gasteiger partial charge in [-0.1, -0.05) is 32.0 Å². The molecule has 1 atom stereocenters. The summed E-state index contributed by atoms with van der Waals surface area (Å²) in [7, 11) is 3.13. The first kappa shape index (κ1) is 23.3. The molecule has 2 aromatic rings. The topological polar surface area (TPSA) is 76.2 Å². The van der Waals surface area contributed by atoms with Gasteiger partial charge in [0.25, 0.3) is 5.91 Å². The number of carbonyl (C=O) groups is 3. The molecule has 1 heterocycles. The van der Waals surface area contributed by atoms with Crippen molar-refractivity contribution in [3.05, 3.63) is 53.6 Å². The zero-order chi connectivity index (χ0) is 23.4. The maximum Gasteiger partial charge on any atom is 0.257 e. The van der Waals surface area contributed by atoms with E-state index in [4.69, 9.17) is 9.47 Å². The van der Waals surface area contributed by atoms with Crippen molar-refractivity contribution in [3.8, 4) is 11.5 Å². The number of rotatable bonds is 8. The number of benzene rings is 2. The van der Waals surface area contributed by atoms with Gasteiger partial charge in [0.1, 0.15) is 6.04 Å². The molecular formula is C25H30N2O5. The quantitative estimate of drug-likeness (QED) is 0.589. The lowest BCUT2D eigenvalue weighted by atomic mass is 10.0. The molecule has 3 rings (SSSR count). The van der Waals surface area contributed by atoms with E-state index < -0.39 is 6.04 Å². The number of hydrogen-bond donors (Lipinski definition) is 0. The molecular weight excluding hydrogens is 408 g/mol. The summed E-state index contributed by atoms with van der Waals surface area (Å²) in [5.41, 5.74) is 2.60. The largest absolute Gasteiger partial charge is 0.493 e. The fourth-order valence-corrected chi connectivity index (χ4v) is 3.96. The van der Waals surface area contributed by atoms with E-state index >= 15 is 0 Å². The predicted molar refractivity (Wildman–Crippen MR) is 122 cm³/mol. The van der Waals surface area contributed by atoms with E-state index in [1.54, 1.807) is 32.4 Å². The Bertz CT molecular complexity index is 1000. The lowest BCUT2D eigenvalue weighted by molar-refractivity contribution is -0.136. The Morgan fingerprint density at radius 3 is 2.28 bits per heavy atom. The molecule has 0 aromatic heterocycles. The Labute approximate surface area is 188 Å². The lowest BCUT2D eigenvalue weighted by Gasteiger charge is -2.26. The highest BCUT2D eigenvalue weighted by molar-refractivity contribution is 6.23. The minimum Gasteiger partial charge on any atom is -0.493 e. The van der Waals surface area contributed by atoms with Crippen LogP contribution in [-0.2, 0) is 20.8 Å². The highest BCUT2D eigenvalue weighted by atomic mass is 16.5. The number of ether oxygens (including phenoxy) is 2. The van der Waals surface area contributed by atoms with Crippen molar-refractivity contribution in [2.45, 2.75) is 45.6 Å². The molecule has 0 bridgehead atoms. The third-order valence-electron chi connectivity index (χ3n) is 5.81. The van der Waals surface area contributed by atoms with Gasteiger partial charge < -0.3 is 14.4 Å². The molecule has 1 fully saturated rings. The zero-order valence-corrected chi connectivity index (χ0v) is 19.3. The maximum absolute atomic E-state index is 13.2. The summed E-state index contributed by atoms with van der Waals surface area (Å²) in [6.07, 6.45) is 0.497. The molecule has 2 aromatic carbocycles. The lowest BCUT2D eigenvalue weighted by Crippen LogP contribution is -2.45. The van der Waals surface area contributed by atoms with Crippen LogP contribution in [-0.4, -0.2) is 49.4 Å². The number of nitrogens with zero attached hydrogens (tertiary/aromatic N) is 2. The minimum absolute atomic E-state index is 0.0176. The van der Waals surface area contributed by atoms with Crippen molar-refractivity contribution in [1.82, 2.24) is 4.90 Å². The number of imide groups is 1. The first-order valence-electron chi connectivity index (χ1n) is 10.7. The van der Waals surface area contributed by atoms with Gasteiger partial charge in [-0.25, -0.2) is 4.90 Å². The van der Waals surface area contributed by atoms with Crippen molar-refractivity contribution in [3.63, 3.8) is 0 Å². The second-order valence-electron chi connectivity index (χ2n) is 8.19. The number of carbonyl (C=O) groups excluding carboxylic acids is 3. The van der Waals surface area contributed by atoms with E-state index in [2.05, 4.69) is 13.8 Å². The number of amides is 3. The molecule has 0 saturated carbocycles. The Morgan fingerprint density at radius 2 is 1.72 bits per heavy atom. The van der Waals surface area contributed by atoms with Crippen LogP contribution in [0.25, 0.3) is 0 Å². The molecule has 7 heteroatoms. The molecule has 1 aliphatic heterocycles. The van der Waals surface area contributed by atoms with Crippen molar-refractivity contribution >= 4 is 23.4 Å². The van der Waals surface area contributed by atoms with Crippen molar-refractivity contribution in [2.24, 2.45) is 0 Å². The Balaban J connectivity index is 1.76. The Kier molecular flexibility index (Phi) is 7.18. The molecule has 1 unspecified atom stereocenters. The van der Waals surface area contributed by atoms with Crippen LogP contribution in [0.3, 0.4) is 0 Å². The third kappa shape index (κ3) is 4.77. The molecule has 0 N–H and O–H groups in total. The van der Waals surface area contributed by atoms with Gasteiger partial charge in [-0.05, 0) is 47.7 Å². The van der Waals surface area contributed by atoms with E-state index in [1.165, 1.54) is 16.7 Å². The predicted octanol–water partition coefficient (Wildman–Crippen LogP) is 3.55. The Hall–Kier alpha value is -3.35. The maximum atomic E-state index is 13.2. The molecule has 0 spiro atoms. The second-order valence-corrected chi connectivity index (χ2v) is 8.19. The van der Waals surface area contributed by atoms with Gasteiger partial charge in [-0.3, -0.25) is 14.4 Å². The van der Waals surface area contributed by atoms with Crippen LogP contribution >= 0.6 is 0 Å². The molecule has 3 amide bonds. The van der Waals surface area contributed by atoms with Crippen molar-refractivity contribution < 1.29 is 23.9 Å². The highest BCUT2D eigenvalue weighted by Crippen LogP contribution is 2.29. The van der Waals surface area contributed by atoms with Gasteiger partial charge in [0, 0.05) is 13.5 Å². The van der Waals surface area contributed by atoms with Gasteiger partial charge in [0.15, 0.2) is 11.5 Å². The third-order valence-corrected chi connectivity index (χ3v) is 5.81. The first-order chi connectivity index (χ1) is 15.3. The standard InChI is InChI=1S/C25H30N2O5/c1-16(2)19-7-9-20(10-8-19)27-24(29)15-21(25(27)30)26(17(3)28)13-12-18-6-11-22(31-4)23(14-18)32-5/h6-11,14,16,21H,12-13,15H2,1-5H3. The van der Waals surface area contributed by atoms with E-state index in [1.807, 2.05) is 24.3 Å². The van der Waals surface area contributed by atoms with Crippen molar-refractivity contribution in [1.29, 1.82) is 0 Å². The monoisotopic (exact) mass is 438 g/mol. The summed E-state index contributed by atoms with van der Waals surface area (Å²) in [4.78, 5) is 40.9. The van der Waals surface area contributed by atoms with Gasteiger partial charge in [-0.15, -0.1) is 0 Å². The fraction of sp³-hybridized carbons (Fsp3) is 0.400. The molecule has 7 nitrogen and oxygen atoms in total. The second kappa shape index (κ2) is 9.85. The number of anilines is 1. The van der Waals surface area contributed by atoms with Gasteiger partial charge in [-0.2, -0.15) is 0 Å². The summed E-state index contributed by atoms with van der Waals surface area (Å²) in [5, 5.41) is 0. The highest BCUT2D eigenvalue weighted by Gasteiger charge is 2.43. The molecule has 1 saturated heterocycles. The molecule has 170 valence electrons. The van der Waals surface area contributed by atoms with Crippen LogP contribution in [0, 0.1) is 0 Å². The molecule has 0 aliphatic carbocycles. The van der Waals surface area contributed by atoms with Crippen LogP contribution in [0.4, 0.5) is 5.69 Å². The van der Waals surface area contributed by atoms with Crippen LogP contribution < -0.4 is 14.4 Å². The fourth-order valence-electron chi connectivity index (χ4n) is 3.96. The molecule has 1 aliphatic rings. The van der Waals surface area contributed by atoms with Crippen LogP contribution in [0.1, 0.15) is 44.2 Å². The number of methoxy groups -OCH3 is 2. The van der Waals surface area contributed by atoms with Crippen LogP contribution in [0.5, 0.6) is 11.5 Å². The zero-order valence-electron chi connectivity index (χ0n) is 19.3. The summed E-state index contributed by atoms with van der Waals surface area (Å²) < 4.78 is 10.6. The summed E-state index contributed by atoms with van der Waals surface area (Å²) >= 11 is 0. The van der Waals surface area contributed by atoms with E-state index in [0.717, 1.165) is 11.1 Å². The van der Waals surface area contributed by atoms with Gasteiger partial charge in [0.2, 0.25) is 11.8 Å². The van der Waals surface area contributed by atoms with E-state index in [9.17, 15) is 14.4 Å². The average molecular weight is 439 g/mol. The van der Waals surface area contributed by atoms with Gasteiger partial charge >= 0.3 is 0 Å². The SMILES string of the molecule is COc1ccc(CCN(C(C)=O)C2CC(=O)N(c3ccc(C(C)C)cc3)C2=O)cc1OC. The summed E-state index contributed by atoms with van der Waals surface area (Å²) in [5.74, 6) is 0.669. The average Bonchev–Trinajstić information content (AvgIpc) is 3.07. The van der Waals surface area contributed by atoms with Crippen LogP contribution in [0.2, 0.25) is 0 Å². The molecule has 0 radical (unpaired) electrons. The summed E-state index contributed by atoms with van der Waals surface area (Å²) in [6.45, 7) is 5.90. The van der Waals surface area contributed by atoms with Crippen LogP contribution in [0.15, 0.2) is 42.5 Å². The number of hydrogen-bond acceptors (Lipinski definition) is 5. The Morgan fingerprint density at radius 1 is 1.06 bits per heavy atom. The smallest absolute Gasteiger partial charge is 0.257 e. The van der Waals surface area contributed by atoms with Gasteiger partial charge in [0.05, 0.1) is 26.3 Å². The summed E-state index contributed by atoms with van der Waals surface area (Å²) in [6, 6.07) is 12.2. The first-order valence-corrected chi connectivity index (χ1v) is 10.7. The van der Waals surface area contributed by atoms with E-state index in [0.29, 0.717) is 36.1 Å². The minimum atomic E-state index is -0.801. The van der Waals surface area contributed by atoms with Crippen molar-refractivity contribution in [2.75, 3.05) is 25.7 Å².